The fourth-order valence-electron chi connectivity index (χ4n) is 5.39. The Kier molecular flexibility index (Phi) is 9.05. The van der Waals surface area contributed by atoms with E-state index in [-0.39, 0.29) is 23.7 Å². The van der Waals surface area contributed by atoms with Crippen LogP contribution in [0.4, 0.5) is 29.3 Å². The second-order valence-electron chi connectivity index (χ2n) is 10.7. The summed E-state index contributed by atoms with van der Waals surface area (Å²) in [5.41, 5.74) is -0.241. The number of halogens is 3. The van der Waals surface area contributed by atoms with Gasteiger partial charge in [0.05, 0.1) is 49.9 Å². The summed E-state index contributed by atoms with van der Waals surface area (Å²) in [7, 11) is 3.05. The van der Waals surface area contributed by atoms with Crippen molar-refractivity contribution in [3.8, 4) is 28.7 Å². The summed E-state index contributed by atoms with van der Waals surface area (Å²) >= 11 is 0. The summed E-state index contributed by atoms with van der Waals surface area (Å²) < 4.78 is 69.3. The van der Waals surface area contributed by atoms with Crippen molar-refractivity contribution in [2.75, 3.05) is 70.0 Å². The van der Waals surface area contributed by atoms with Crippen molar-refractivity contribution in [2.24, 2.45) is 0 Å². The lowest BCUT2D eigenvalue weighted by Gasteiger charge is -2.26. The first-order chi connectivity index (χ1) is 22.6. The molecule has 3 amide bonds. The van der Waals surface area contributed by atoms with Crippen molar-refractivity contribution in [1.29, 1.82) is 0 Å². The SMILES string of the molecule is COc1cc2nccc(Oc3ccc(N4C(=O)CN(c5cc(OCCN6CCOCC6)cc(C(F)(F)F)c5)C4=O)cc3)c2cc1OC. The third-order valence-corrected chi connectivity index (χ3v) is 7.80. The van der Waals surface area contributed by atoms with Crippen LogP contribution in [0.1, 0.15) is 5.56 Å². The highest BCUT2D eigenvalue weighted by atomic mass is 19.4. The van der Waals surface area contributed by atoms with Crippen LogP contribution in [0.25, 0.3) is 10.9 Å². The monoisotopic (exact) mass is 652 g/mol. The van der Waals surface area contributed by atoms with Crippen LogP contribution in [0.3, 0.4) is 0 Å². The van der Waals surface area contributed by atoms with E-state index >= 15 is 0 Å². The number of imide groups is 1. The normalized spacial score (nSPS) is 15.8. The third-order valence-electron chi connectivity index (χ3n) is 7.80. The molecular formula is C33H31F3N4O7. The number of urea groups is 1. The van der Waals surface area contributed by atoms with Crippen LogP contribution in [0.5, 0.6) is 28.7 Å². The van der Waals surface area contributed by atoms with Crippen LogP contribution in [-0.4, -0.2) is 82.0 Å². The molecule has 0 unspecified atom stereocenters. The maximum atomic E-state index is 13.8. The van der Waals surface area contributed by atoms with Gasteiger partial charge in [0.15, 0.2) is 11.5 Å². The molecule has 11 nitrogen and oxygen atoms in total. The zero-order valence-electron chi connectivity index (χ0n) is 25.6. The van der Waals surface area contributed by atoms with Gasteiger partial charge in [0.1, 0.15) is 30.4 Å². The Morgan fingerprint density at radius 1 is 0.851 bits per heavy atom. The van der Waals surface area contributed by atoms with Crippen LogP contribution in [0.2, 0.25) is 0 Å². The molecule has 4 aromatic rings. The number of amides is 3. The molecule has 2 aliphatic rings. The highest BCUT2D eigenvalue weighted by Crippen LogP contribution is 2.39. The maximum absolute atomic E-state index is 13.8. The molecule has 2 fully saturated rings. The lowest BCUT2D eigenvalue weighted by molar-refractivity contribution is -0.137. The smallest absolute Gasteiger partial charge is 0.416 e. The minimum atomic E-state index is -4.70. The first-order valence-corrected chi connectivity index (χ1v) is 14.7. The third kappa shape index (κ3) is 6.88. The quantitative estimate of drug-likeness (QED) is 0.198. The molecule has 0 spiro atoms. The van der Waals surface area contributed by atoms with E-state index in [4.69, 9.17) is 23.7 Å². The van der Waals surface area contributed by atoms with Crippen LogP contribution < -0.4 is 28.7 Å². The summed E-state index contributed by atoms with van der Waals surface area (Å²) in [5, 5.41) is 0.667. The number of hydrogen-bond acceptors (Lipinski definition) is 9. The maximum Gasteiger partial charge on any atom is 0.416 e. The summed E-state index contributed by atoms with van der Waals surface area (Å²) in [5.74, 6) is 1.25. The van der Waals surface area contributed by atoms with Gasteiger partial charge in [-0.2, -0.15) is 13.2 Å². The molecular weight excluding hydrogens is 621 g/mol. The van der Waals surface area contributed by atoms with Crippen LogP contribution >= 0.6 is 0 Å². The van der Waals surface area contributed by atoms with Crippen molar-refractivity contribution >= 4 is 34.2 Å². The van der Waals surface area contributed by atoms with Gasteiger partial charge in [-0.05, 0) is 48.5 Å². The van der Waals surface area contributed by atoms with E-state index < -0.39 is 30.2 Å². The lowest BCUT2D eigenvalue weighted by atomic mass is 10.1. The number of anilines is 2. The fraction of sp³-hybridized carbons (Fsp3) is 0.303. The number of carbonyl (C=O) groups is 2. The molecule has 0 aliphatic carbocycles. The topological polar surface area (TPSA) is 103 Å². The zero-order chi connectivity index (χ0) is 33.1. The average Bonchev–Trinajstić information content (AvgIpc) is 3.37. The minimum Gasteiger partial charge on any atom is -0.493 e. The van der Waals surface area contributed by atoms with Gasteiger partial charge in [0.2, 0.25) is 0 Å². The lowest BCUT2D eigenvalue weighted by Crippen LogP contribution is -2.38. The molecule has 47 heavy (non-hydrogen) atoms. The van der Waals surface area contributed by atoms with E-state index in [1.165, 1.54) is 32.4 Å². The first-order valence-electron chi connectivity index (χ1n) is 14.7. The Morgan fingerprint density at radius 3 is 2.28 bits per heavy atom. The molecule has 6 rings (SSSR count). The van der Waals surface area contributed by atoms with Crippen molar-refractivity contribution < 1.29 is 46.4 Å². The number of hydrogen-bond donors (Lipinski definition) is 0. The summed E-state index contributed by atoms with van der Waals surface area (Å²) in [4.78, 5) is 34.9. The van der Waals surface area contributed by atoms with Gasteiger partial charge in [-0.1, -0.05) is 0 Å². The number of benzene rings is 3. The number of pyridine rings is 1. The van der Waals surface area contributed by atoms with Gasteiger partial charge < -0.3 is 23.7 Å². The average molecular weight is 653 g/mol. The van der Waals surface area contributed by atoms with Crippen LogP contribution in [0.15, 0.2) is 66.9 Å². The van der Waals surface area contributed by atoms with Gasteiger partial charge in [-0.15, -0.1) is 0 Å². The van der Waals surface area contributed by atoms with Gasteiger partial charge in [-0.25, -0.2) is 9.69 Å². The van der Waals surface area contributed by atoms with E-state index in [9.17, 15) is 22.8 Å². The summed E-state index contributed by atoms with van der Waals surface area (Å²) in [6.07, 6.45) is -3.11. The van der Waals surface area contributed by atoms with E-state index in [0.29, 0.717) is 66.7 Å². The van der Waals surface area contributed by atoms with E-state index in [1.807, 2.05) is 0 Å². The van der Waals surface area contributed by atoms with Crippen molar-refractivity contribution in [1.82, 2.24) is 9.88 Å². The molecule has 3 aromatic carbocycles. The van der Waals surface area contributed by atoms with Crippen molar-refractivity contribution in [3.05, 3.63) is 72.4 Å². The Labute approximate surface area is 267 Å². The summed E-state index contributed by atoms with van der Waals surface area (Å²) in [6.45, 7) is 2.78. The first kappa shape index (κ1) is 31.9. The Morgan fingerprint density at radius 2 is 1.57 bits per heavy atom. The van der Waals surface area contributed by atoms with Crippen molar-refractivity contribution in [3.63, 3.8) is 0 Å². The highest BCUT2D eigenvalue weighted by molar-refractivity contribution is 6.27. The molecule has 246 valence electrons. The molecule has 0 N–H and O–H groups in total. The Balaban J connectivity index is 1.19. The number of fused-ring (bicyclic) bond motifs is 1. The number of aromatic nitrogens is 1. The Hall–Kier alpha value is -5.08. The van der Waals surface area contributed by atoms with Crippen LogP contribution in [0, 0.1) is 0 Å². The van der Waals surface area contributed by atoms with E-state index in [2.05, 4.69) is 9.88 Å². The number of methoxy groups -OCH3 is 2. The number of rotatable bonds is 10. The van der Waals surface area contributed by atoms with Gasteiger partial charge >= 0.3 is 12.2 Å². The highest BCUT2D eigenvalue weighted by Gasteiger charge is 2.40. The molecule has 0 radical (unpaired) electrons. The second kappa shape index (κ2) is 13.3. The Bertz CT molecular complexity index is 1780. The molecule has 0 bridgehead atoms. The number of morpholine rings is 1. The predicted molar refractivity (Wildman–Crippen MR) is 166 cm³/mol. The molecule has 14 heteroatoms. The molecule has 3 heterocycles. The number of nitrogens with zero attached hydrogens (tertiary/aromatic N) is 4. The second-order valence-corrected chi connectivity index (χ2v) is 10.7. The van der Waals surface area contributed by atoms with E-state index in [0.717, 1.165) is 21.9 Å². The largest absolute Gasteiger partial charge is 0.493 e. The van der Waals surface area contributed by atoms with Gasteiger partial charge in [-0.3, -0.25) is 19.6 Å². The summed E-state index contributed by atoms with van der Waals surface area (Å²) in [6, 6.07) is 13.6. The van der Waals surface area contributed by atoms with Gasteiger partial charge in [0, 0.05) is 43.4 Å². The van der Waals surface area contributed by atoms with E-state index in [1.54, 1.807) is 36.5 Å². The standard InChI is InChI=1S/C33H31F3N4O7/c1-43-29-18-26-27(19-30(29)44-2)37-8-7-28(26)47-24-5-3-22(4-6-24)40-31(41)20-39(32(40)42)23-15-21(33(34,35)36)16-25(17-23)46-14-11-38-9-12-45-13-10-38/h3-8,15-19H,9-14,20H2,1-2H3. The molecule has 1 aromatic heterocycles. The molecule has 2 saturated heterocycles. The predicted octanol–water partition coefficient (Wildman–Crippen LogP) is 5.75. The molecule has 2 aliphatic heterocycles. The minimum absolute atomic E-state index is 0.0528. The number of alkyl halides is 3. The molecule has 0 saturated carbocycles. The van der Waals surface area contributed by atoms with Crippen molar-refractivity contribution in [2.45, 2.75) is 6.18 Å². The number of carbonyl (C=O) groups excluding carboxylic acids is 2. The fourth-order valence-corrected chi connectivity index (χ4v) is 5.39. The van der Waals surface area contributed by atoms with Crippen LogP contribution in [-0.2, 0) is 15.7 Å². The van der Waals surface area contributed by atoms with Gasteiger partial charge in [0.25, 0.3) is 5.91 Å². The number of ether oxygens (including phenoxy) is 5. The molecule has 0 atom stereocenters. The zero-order valence-corrected chi connectivity index (χ0v) is 25.6.